The van der Waals surface area contributed by atoms with Gasteiger partial charge in [-0.2, -0.15) is 0 Å². The number of nitrogens with zero attached hydrogens (tertiary/aromatic N) is 1. The first-order valence-electron chi connectivity index (χ1n) is 7.26. The third-order valence-corrected chi connectivity index (χ3v) is 3.76. The topological polar surface area (TPSA) is 46.3 Å². The molecule has 1 aromatic rings. The summed E-state index contributed by atoms with van der Waals surface area (Å²) in [4.78, 5) is 14.4. The molecule has 1 amide bonds. The van der Waals surface area contributed by atoms with Gasteiger partial charge in [0.2, 0.25) is 5.91 Å². The van der Waals surface area contributed by atoms with Crippen molar-refractivity contribution in [1.29, 1.82) is 0 Å². The van der Waals surface area contributed by atoms with Crippen LogP contribution in [0, 0.1) is 0 Å². The van der Waals surface area contributed by atoms with Crippen molar-refractivity contribution < 1.29 is 4.79 Å². The highest BCUT2D eigenvalue weighted by Crippen LogP contribution is 2.36. The number of carbonyl (C=O) groups excluding carboxylic acids is 1. The van der Waals surface area contributed by atoms with Crippen LogP contribution in [0.5, 0.6) is 0 Å². The number of aryl methyl sites for hydroxylation is 1. The van der Waals surface area contributed by atoms with E-state index in [1.807, 2.05) is 11.8 Å². The maximum atomic E-state index is 12.4. The maximum absolute atomic E-state index is 12.4. The molecule has 0 saturated heterocycles. The van der Waals surface area contributed by atoms with E-state index in [0.717, 1.165) is 25.8 Å². The van der Waals surface area contributed by atoms with E-state index in [2.05, 4.69) is 31.2 Å². The quantitative estimate of drug-likeness (QED) is 0.884. The summed E-state index contributed by atoms with van der Waals surface area (Å²) in [5.74, 6) is 0.193. The van der Waals surface area contributed by atoms with Crippen molar-refractivity contribution in [3.63, 3.8) is 0 Å². The molecule has 2 unspecified atom stereocenters. The highest BCUT2D eigenvalue weighted by atomic mass is 16.2. The van der Waals surface area contributed by atoms with Crippen molar-refractivity contribution in [2.75, 3.05) is 6.54 Å². The van der Waals surface area contributed by atoms with Gasteiger partial charge in [-0.1, -0.05) is 31.2 Å². The second kappa shape index (κ2) is 6.20. The van der Waals surface area contributed by atoms with E-state index in [1.165, 1.54) is 11.1 Å². The molecule has 2 atom stereocenters. The minimum Gasteiger partial charge on any atom is -0.336 e. The summed E-state index contributed by atoms with van der Waals surface area (Å²) in [6.45, 7) is 4.84. The van der Waals surface area contributed by atoms with E-state index < -0.39 is 0 Å². The monoisotopic (exact) mass is 260 g/mol. The van der Waals surface area contributed by atoms with Crippen LogP contribution < -0.4 is 5.73 Å². The molecular formula is C16H24N2O. The molecule has 1 aromatic carbocycles. The number of hydrogen-bond acceptors (Lipinski definition) is 2. The Morgan fingerprint density at radius 3 is 2.89 bits per heavy atom. The van der Waals surface area contributed by atoms with E-state index >= 15 is 0 Å². The zero-order valence-electron chi connectivity index (χ0n) is 11.9. The van der Waals surface area contributed by atoms with Crippen LogP contribution >= 0.6 is 0 Å². The molecule has 19 heavy (non-hydrogen) atoms. The van der Waals surface area contributed by atoms with E-state index in [0.29, 0.717) is 6.42 Å². The van der Waals surface area contributed by atoms with Crippen LogP contribution in [0.1, 0.15) is 50.3 Å². The second-order valence-corrected chi connectivity index (χ2v) is 5.52. The molecule has 0 fully saturated rings. The van der Waals surface area contributed by atoms with Gasteiger partial charge in [-0.05, 0) is 37.3 Å². The molecule has 1 aliphatic rings. The average Bonchev–Trinajstić information content (AvgIpc) is 2.78. The van der Waals surface area contributed by atoms with Gasteiger partial charge in [-0.3, -0.25) is 4.79 Å². The van der Waals surface area contributed by atoms with Crippen molar-refractivity contribution in [2.24, 2.45) is 5.73 Å². The van der Waals surface area contributed by atoms with Crippen LogP contribution in [0.2, 0.25) is 0 Å². The van der Waals surface area contributed by atoms with Gasteiger partial charge in [0.15, 0.2) is 0 Å². The van der Waals surface area contributed by atoms with Gasteiger partial charge in [-0.25, -0.2) is 0 Å². The summed E-state index contributed by atoms with van der Waals surface area (Å²) in [7, 11) is 0. The molecule has 0 aliphatic heterocycles. The van der Waals surface area contributed by atoms with E-state index in [9.17, 15) is 4.79 Å². The zero-order valence-corrected chi connectivity index (χ0v) is 11.9. The molecule has 1 aliphatic carbocycles. The lowest BCUT2D eigenvalue weighted by atomic mass is 10.1. The van der Waals surface area contributed by atoms with Gasteiger partial charge in [0.1, 0.15) is 0 Å². The highest BCUT2D eigenvalue weighted by molar-refractivity contribution is 5.77. The van der Waals surface area contributed by atoms with Crippen molar-refractivity contribution in [3.8, 4) is 0 Å². The summed E-state index contributed by atoms with van der Waals surface area (Å²) in [6.07, 6.45) is 3.55. The van der Waals surface area contributed by atoms with Crippen LogP contribution in [-0.2, 0) is 11.2 Å². The van der Waals surface area contributed by atoms with Crippen molar-refractivity contribution >= 4 is 5.91 Å². The largest absolute Gasteiger partial charge is 0.336 e. The third kappa shape index (κ3) is 3.16. The van der Waals surface area contributed by atoms with Gasteiger partial charge < -0.3 is 10.6 Å². The van der Waals surface area contributed by atoms with Crippen LogP contribution in [0.3, 0.4) is 0 Å². The molecule has 0 aromatic heterocycles. The summed E-state index contributed by atoms with van der Waals surface area (Å²) in [5, 5.41) is 0. The van der Waals surface area contributed by atoms with Crippen LogP contribution in [0.4, 0.5) is 0 Å². The summed E-state index contributed by atoms with van der Waals surface area (Å²) < 4.78 is 0. The molecular weight excluding hydrogens is 236 g/mol. The Morgan fingerprint density at radius 2 is 2.21 bits per heavy atom. The number of fused-ring (bicyclic) bond motifs is 1. The normalized spacial score (nSPS) is 19.0. The van der Waals surface area contributed by atoms with Gasteiger partial charge in [-0.15, -0.1) is 0 Å². The smallest absolute Gasteiger partial charge is 0.224 e. The van der Waals surface area contributed by atoms with Crippen molar-refractivity contribution in [3.05, 3.63) is 35.4 Å². The molecule has 0 heterocycles. The molecule has 0 bridgehead atoms. The predicted octanol–water partition coefficient (Wildman–Crippen LogP) is 2.65. The Hall–Kier alpha value is -1.35. The Labute approximate surface area is 115 Å². The van der Waals surface area contributed by atoms with Gasteiger partial charge >= 0.3 is 0 Å². The average molecular weight is 260 g/mol. The fraction of sp³-hybridized carbons (Fsp3) is 0.562. The van der Waals surface area contributed by atoms with Gasteiger partial charge in [0.05, 0.1) is 6.04 Å². The summed E-state index contributed by atoms with van der Waals surface area (Å²) in [5.41, 5.74) is 8.49. The Kier molecular flexibility index (Phi) is 4.59. The lowest BCUT2D eigenvalue weighted by Crippen LogP contribution is -2.37. The number of carbonyl (C=O) groups is 1. The SMILES string of the molecule is CCCN(C(=O)CC(C)N)C1CCc2ccccc21. The number of benzene rings is 1. The van der Waals surface area contributed by atoms with Crippen LogP contribution in [-0.4, -0.2) is 23.4 Å². The third-order valence-electron chi connectivity index (χ3n) is 3.76. The van der Waals surface area contributed by atoms with E-state index in [-0.39, 0.29) is 18.0 Å². The summed E-state index contributed by atoms with van der Waals surface area (Å²) in [6, 6.07) is 8.67. The van der Waals surface area contributed by atoms with Gasteiger partial charge in [0, 0.05) is 19.0 Å². The molecule has 2 rings (SSSR count). The Balaban J connectivity index is 2.19. The number of rotatable bonds is 5. The van der Waals surface area contributed by atoms with Crippen LogP contribution in [0.15, 0.2) is 24.3 Å². The summed E-state index contributed by atoms with van der Waals surface area (Å²) >= 11 is 0. The lowest BCUT2D eigenvalue weighted by Gasteiger charge is -2.30. The standard InChI is InChI=1S/C16H24N2O/c1-3-10-18(16(19)11-12(2)17)15-9-8-13-6-4-5-7-14(13)15/h4-7,12,15H,3,8-11,17H2,1-2H3. The molecule has 0 radical (unpaired) electrons. The molecule has 3 nitrogen and oxygen atoms in total. The van der Waals surface area contributed by atoms with Crippen molar-refractivity contribution in [1.82, 2.24) is 4.90 Å². The minimum atomic E-state index is -0.0662. The van der Waals surface area contributed by atoms with Crippen LogP contribution in [0.25, 0.3) is 0 Å². The second-order valence-electron chi connectivity index (χ2n) is 5.52. The molecule has 104 valence electrons. The predicted molar refractivity (Wildman–Crippen MR) is 77.8 cm³/mol. The highest BCUT2D eigenvalue weighted by Gasteiger charge is 2.30. The number of amides is 1. The van der Waals surface area contributed by atoms with Gasteiger partial charge in [0.25, 0.3) is 0 Å². The maximum Gasteiger partial charge on any atom is 0.224 e. The zero-order chi connectivity index (χ0) is 13.8. The lowest BCUT2D eigenvalue weighted by molar-refractivity contribution is -0.134. The minimum absolute atomic E-state index is 0.0662. The Morgan fingerprint density at radius 1 is 1.47 bits per heavy atom. The molecule has 0 spiro atoms. The first-order valence-corrected chi connectivity index (χ1v) is 7.26. The first-order chi connectivity index (χ1) is 9.13. The van der Waals surface area contributed by atoms with Crippen molar-refractivity contribution in [2.45, 2.75) is 51.6 Å². The Bertz CT molecular complexity index is 442. The van der Waals surface area contributed by atoms with E-state index in [4.69, 9.17) is 5.73 Å². The van der Waals surface area contributed by atoms with E-state index in [1.54, 1.807) is 0 Å². The number of hydrogen-bond donors (Lipinski definition) is 1. The molecule has 3 heteroatoms. The fourth-order valence-electron chi connectivity index (χ4n) is 2.95. The first kappa shape index (κ1) is 14.1. The molecule has 2 N–H and O–H groups in total. The molecule has 0 saturated carbocycles. The number of nitrogens with two attached hydrogens (primary N) is 1. The fourth-order valence-corrected chi connectivity index (χ4v) is 2.95.